The van der Waals surface area contributed by atoms with Gasteiger partial charge in [-0.25, -0.2) is 8.42 Å². The Kier molecular flexibility index (Phi) is 6.28. The highest BCUT2D eigenvalue weighted by atomic mass is 35.5. The van der Waals surface area contributed by atoms with Gasteiger partial charge < -0.3 is 10.2 Å². The second-order valence-electron chi connectivity index (χ2n) is 6.26. The third-order valence-electron chi connectivity index (χ3n) is 4.35. The summed E-state index contributed by atoms with van der Waals surface area (Å²) in [5.74, 6) is 0. The van der Waals surface area contributed by atoms with Crippen LogP contribution in [0.4, 0.5) is 5.69 Å². The number of nitrogens with one attached hydrogen (secondary N) is 1. The minimum atomic E-state index is -3.49. The minimum absolute atomic E-state index is 0.313. The molecule has 0 radical (unpaired) electrons. The number of nitrogens with zero attached hydrogens (tertiary/aromatic N) is 2. The molecule has 1 N–H and O–H groups in total. The van der Waals surface area contributed by atoms with Crippen molar-refractivity contribution in [2.45, 2.75) is 11.8 Å². The average Bonchev–Trinajstić information content (AvgIpc) is 2.65. The summed E-state index contributed by atoms with van der Waals surface area (Å²) in [6.07, 6.45) is 0. The van der Waals surface area contributed by atoms with Crippen LogP contribution in [0.25, 0.3) is 0 Å². The van der Waals surface area contributed by atoms with E-state index in [0.717, 1.165) is 5.56 Å². The van der Waals surface area contributed by atoms with Crippen LogP contribution in [0.5, 0.6) is 0 Å². The van der Waals surface area contributed by atoms with Gasteiger partial charge in [0.15, 0.2) is 5.11 Å². The molecule has 2 aromatic rings. The lowest BCUT2D eigenvalue weighted by molar-refractivity contribution is 0.268. The highest BCUT2D eigenvalue weighted by molar-refractivity contribution is 7.89. The van der Waals surface area contributed by atoms with Crippen molar-refractivity contribution in [2.75, 3.05) is 31.5 Å². The number of thiocarbonyl (C=S) groups is 1. The van der Waals surface area contributed by atoms with Gasteiger partial charge in [-0.1, -0.05) is 40.9 Å². The molecular formula is C18H19Cl2N3O2S2. The first-order valence-electron chi connectivity index (χ1n) is 8.35. The molecule has 144 valence electrons. The minimum Gasteiger partial charge on any atom is -0.346 e. The summed E-state index contributed by atoms with van der Waals surface area (Å²) >= 11 is 17.6. The first-order chi connectivity index (χ1) is 12.8. The number of piperazine rings is 1. The van der Waals surface area contributed by atoms with Crippen LogP contribution in [0, 0.1) is 6.92 Å². The number of aryl methyl sites for hydroxylation is 1. The predicted molar refractivity (Wildman–Crippen MR) is 114 cm³/mol. The number of halogens is 2. The number of benzene rings is 2. The molecule has 9 heteroatoms. The molecule has 0 unspecified atom stereocenters. The van der Waals surface area contributed by atoms with Gasteiger partial charge in [0.2, 0.25) is 10.0 Å². The Morgan fingerprint density at radius 1 is 1.04 bits per heavy atom. The fourth-order valence-corrected chi connectivity index (χ4v) is 4.83. The monoisotopic (exact) mass is 443 g/mol. The number of rotatable bonds is 3. The standard InChI is InChI=1S/C18H19Cl2N3O2S2/c1-13-2-5-15(6-3-13)27(24,25)23-10-8-22(9-11-23)18(26)21-17-12-14(19)4-7-16(17)20/h2-7,12H,8-11H2,1H3,(H,21,26). The molecule has 0 amide bonds. The normalized spacial score (nSPS) is 15.6. The summed E-state index contributed by atoms with van der Waals surface area (Å²) in [6, 6.07) is 12.0. The Bertz CT molecular complexity index is 942. The van der Waals surface area contributed by atoms with Gasteiger partial charge in [-0.15, -0.1) is 0 Å². The summed E-state index contributed by atoms with van der Waals surface area (Å²) in [6.45, 7) is 3.64. The van der Waals surface area contributed by atoms with E-state index >= 15 is 0 Å². The number of anilines is 1. The zero-order chi connectivity index (χ0) is 19.6. The highest BCUT2D eigenvalue weighted by Gasteiger charge is 2.29. The lowest BCUT2D eigenvalue weighted by atomic mass is 10.2. The van der Waals surface area contributed by atoms with Crippen molar-refractivity contribution in [3.8, 4) is 0 Å². The van der Waals surface area contributed by atoms with E-state index in [1.165, 1.54) is 4.31 Å². The van der Waals surface area contributed by atoms with Crippen molar-refractivity contribution >= 4 is 56.2 Å². The summed E-state index contributed by atoms with van der Waals surface area (Å²) in [4.78, 5) is 2.24. The molecule has 0 saturated carbocycles. The molecule has 1 aliphatic rings. The van der Waals surface area contributed by atoms with Crippen molar-refractivity contribution in [1.29, 1.82) is 0 Å². The lowest BCUT2D eigenvalue weighted by Gasteiger charge is -2.35. The maximum Gasteiger partial charge on any atom is 0.243 e. The molecule has 5 nitrogen and oxygen atoms in total. The van der Waals surface area contributed by atoms with E-state index in [2.05, 4.69) is 5.32 Å². The van der Waals surface area contributed by atoms with Gasteiger partial charge in [-0.05, 0) is 49.5 Å². The summed E-state index contributed by atoms with van der Waals surface area (Å²) in [5, 5.41) is 4.65. The Labute approximate surface area is 174 Å². The zero-order valence-corrected chi connectivity index (χ0v) is 17.8. The van der Waals surface area contributed by atoms with Gasteiger partial charge in [-0.3, -0.25) is 0 Å². The molecule has 1 fully saturated rings. The first kappa shape index (κ1) is 20.4. The van der Waals surface area contributed by atoms with Gasteiger partial charge in [0.1, 0.15) is 0 Å². The summed E-state index contributed by atoms with van der Waals surface area (Å²) in [5.41, 5.74) is 1.65. The molecule has 2 aromatic carbocycles. The number of hydrogen-bond acceptors (Lipinski definition) is 3. The summed E-state index contributed by atoms with van der Waals surface area (Å²) in [7, 11) is -3.49. The van der Waals surface area contributed by atoms with Gasteiger partial charge in [0.25, 0.3) is 0 Å². The van der Waals surface area contributed by atoms with Crippen LogP contribution in [-0.2, 0) is 10.0 Å². The molecule has 27 heavy (non-hydrogen) atoms. The van der Waals surface area contributed by atoms with E-state index in [4.69, 9.17) is 35.4 Å². The first-order valence-corrected chi connectivity index (χ1v) is 11.0. The highest BCUT2D eigenvalue weighted by Crippen LogP contribution is 2.26. The van der Waals surface area contributed by atoms with Crippen LogP contribution in [-0.4, -0.2) is 48.9 Å². The smallest absolute Gasteiger partial charge is 0.243 e. The molecule has 1 heterocycles. The van der Waals surface area contributed by atoms with Crippen LogP contribution in [0.15, 0.2) is 47.4 Å². The van der Waals surface area contributed by atoms with Crippen molar-refractivity contribution in [1.82, 2.24) is 9.21 Å². The van der Waals surface area contributed by atoms with Gasteiger partial charge in [0, 0.05) is 31.2 Å². The SMILES string of the molecule is Cc1ccc(S(=O)(=O)N2CCN(C(=S)Nc3cc(Cl)ccc3Cl)CC2)cc1. The largest absolute Gasteiger partial charge is 0.346 e. The maximum absolute atomic E-state index is 12.8. The molecule has 0 atom stereocenters. The quantitative estimate of drug-likeness (QED) is 0.726. The van der Waals surface area contributed by atoms with Gasteiger partial charge >= 0.3 is 0 Å². The van der Waals surface area contributed by atoms with E-state index in [9.17, 15) is 8.42 Å². The Balaban J connectivity index is 1.63. The third-order valence-corrected chi connectivity index (χ3v) is 7.19. The van der Waals surface area contributed by atoms with Crippen molar-refractivity contribution < 1.29 is 8.42 Å². The number of sulfonamides is 1. The summed E-state index contributed by atoms with van der Waals surface area (Å²) < 4.78 is 27.0. The molecule has 1 aliphatic heterocycles. The Morgan fingerprint density at radius 3 is 2.30 bits per heavy atom. The topological polar surface area (TPSA) is 52.7 Å². The lowest BCUT2D eigenvalue weighted by Crippen LogP contribution is -2.51. The fraction of sp³-hybridized carbons (Fsp3) is 0.278. The molecule has 0 aliphatic carbocycles. The van der Waals surface area contributed by atoms with Crippen LogP contribution in [0.3, 0.4) is 0 Å². The van der Waals surface area contributed by atoms with Crippen LogP contribution < -0.4 is 5.32 Å². The molecule has 0 bridgehead atoms. The average molecular weight is 444 g/mol. The van der Waals surface area contributed by atoms with Gasteiger partial charge in [-0.2, -0.15) is 4.31 Å². The molecule has 0 spiro atoms. The molecule has 3 rings (SSSR count). The van der Waals surface area contributed by atoms with Crippen molar-refractivity contribution in [3.05, 3.63) is 58.1 Å². The molecular weight excluding hydrogens is 425 g/mol. The Hall–Kier alpha value is -1.38. The van der Waals surface area contributed by atoms with Crippen molar-refractivity contribution in [2.24, 2.45) is 0 Å². The molecule has 1 saturated heterocycles. The maximum atomic E-state index is 12.8. The Morgan fingerprint density at radius 2 is 1.67 bits per heavy atom. The van der Waals surface area contributed by atoms with Crippen LogP contribution in [0.2, 0.25) is 10.0 Å². The van der Waals surface area contributed by atoms with E-state index in [0.29, 0.717) is 51.9 Å². The van der Waals surface area contributed by atoms with E-state index in [1.807, 2.05) is 11.8 Å². The fourth-order valence-electron chi connectivity index (χ4n) is 2.78. The van der Waals surface area contributed by atoms with E-state index in [1.54, 1.807) is 42.5 Å². The zero-order valence-electron chi connectivity index (χ0n) is 14.7. The van der Waals surface area contributed by atoms with Gasteiger partial charge in [0.05, 0.1) is 15.6 Å². The third kappa shape index (κ3) is 4.73. The predicted octanol–water partition coefficient (Wildman–Crippen LogP) is 4.01. The second kappa shape index (κ2) is 8.32. The van der Waals surface area contributed by atoms with E-state index < -0.39 is 10.0 Å². The van der Waals surface area contributed by atoms with Crippen LogP contribution >= 0.6 is 35.4 Å². The van der Waals surface area contributed by atoms with Crippen LogP contribution in [0.1, 0.15) is 5.56 Å². The van der Waals surface area contributed by atoms with E-state index in [-0.39, 0.29) is 0 Å². The van der Waals surface area contributed by atoms with Crippen molar-refractivity contribution in [3.63, 3.8) is 0 Å². The number of hydrogen-bond donors (Lipinski definition) is 1. The molecule has 0 aromatic heterocycles. The second-order valence-corrected chi connectivity index (χ2v) is 9.43.